The van der Waals surface area contributed by atoms with Crippen LogP contribution in [0.25, 0.3) is 11.3 Å². The summed E-state index contributed by atoms with van der Waals surface area (Å²) in [6.07, 6.45) is 0.499. The van der Waals surface area contributed by atoms with Crippen molar-refractivity contribution in [3.05, 3.63) is 112 Å². The van der Waals surface area contributed by atoms with Crippen LogP contribution in [0.5, 0.6) is 0 Å². The summed E-state index contributed by atoms with van der Waals surface area (Å²) < 4.78 is 68.7. The fraction of sp³-hybridized carbons (Fsp3) is 0.148. The molecule has 0 fully saturated rings. The predicted molar refractivity (Wildman–Crippen MR) is 123 cm³/mol. The molecule has 0 bridgehead atoms. The van der Waals surface area contributed by atoms with Gasteiger partial charge in [0.2, 0.25) is 11.7 Å². The molecule has 182 valence electrons. The maximum Gasteiger partial charge on any atom is 0.230 e. The normalized spacial score (nSPS) is 12.1. The van der Waals surface area contributed by atoms with Crippen molar-refractivity contribution in [2.45, 2.75) is 25.7 Å². The third kappa shape index (κ3) is 4.32. The Morgan fingerprint density at radius 3 is 2.14 bits per heavy atom. The molecular formula is C27H18F5N3O. The van der Waals surface area contributed by atoms with Crippen LogP contribution in [-0.2, 0) is 30.5 Å². The van der Waals surface area contributed by atoms with E-state index in [4.69, 9.17) is 4.98 Å². The van der Waals surface area contributed by atoms with E-state index >= 15 is 0 Å². The molecule has 1 aromatic heterocycles. The topological polar surface area (TPSA) is 54.9 Å². The van der Waals surface area contributed by atoms with Gasteiger partial charge in [-0.2, -0.15) is 0 Å². The number of nitrogens with zero attached hydrogens (tertiary/aromatic N) is 2. The Bertz CT molecular complexity index is 1460. The number of aryl methyl sites for hydroxylation is 2. The van der Waals surface area contributed by atoms with Gasteiger partial charge in [-0.1, -0.05) is 54.6 Å². The quantitative estimate of drug-likeness (QED) is 0.219. The van der Waals surface area contributed by atoms with E-state index in [1.807, 2.05) is 54.6 Å². The van der Waals surface area contributed by atoms with Gasteiger partial charge in [-0.3, -0.25) is 4.79 Å². The van der Waals surface area contributed by atoms with Crippen molar-refractivity contribution in [1.82, 2.24) is 9.97 Å². The van der Waals surface area contributed by atoms with Crippen molar-refractivity contribution in [3.63, 3.8) is 0 Å². The zero-order valence-electron chi connectivity index (χ0n) is 18.7. The average molecular weight is 495 g/mol. The van der Waals surface area contributed by atoms with Crippen LogP contribution < -0.4 is 5.32 Å². The van der Waals surface area contributed by atoms with Crippen molar-refractivity contribution in [2.75, 3.05) is 5.32 Å². The lowest BCUT2D eigenvalue weighted by molar-refractivity contribution is -0.115. The van der Waals surface area contributed by atoms with Gasteiger partial charge in [0.05, 0.1) is 23.5 Å². The van der Waals surface area contributed by atoms with E-state index in [2.05, 4.69) is 10.3 Å². The first-order chi connectivity index (χ1) is 17.3. The maximum absolute atomic E-state index is 14.1. The second-order valence-electron chi connectivity index (χ2n) is 8.41. The van der Waals surface area contributed by atoms with Crippen LogP contribution in [0.2, 0.25) is 0 Å². The van der Waals surface area contributed by atoms with Crippen LogP contribution in [0.4, 0.5) is 27.8 Å². The lowest BCUT2D eigenvalue weighted by Crippen LogP contribution is -2.21. The summed E-state index contributed by atoms with van der Waals surface area (Å²) in [5.41, 5.74) is 3.44. The van der Waals surface area contributed by atoms with Crippen molar-refractivity contribution in [2.24, 2.45) is 0 Å². The number of halogens is 5. The number of nitrogens with one attached hydrogen (secondary N) is 1. The molecular weight excluding hydrogens is 477 g/mol. The predicted octanol–water partition coefficient (Wildman–Crippen LogP) is 5.71. The third-order valence-electron chi connectivity index (χ3n) is 6.05. The van der Waals surface area contributed by atoms with E-state index in [0.717, 1.165) is 16.7 Å². The van der Waals surface area contributed by atoms with Crippen LogP contribution in [0.3, 0.4) is 0 Å². The Morgan fingerprint density at radius 1 is 0.778 bits per heavy atom. The summed E-state index contributed by atoms with van der Waals surface area (Å²) in [5.74, 6) is -11.5. The van der Waals surface area contributed by atoms with Crippen molar-refractivity contribution in [3.8, 4) is 11.3 Å². The Kier molecular flexibility index (Phi) is 6.22. The number of amides is 1. The molecule has 1 N–H and O–H groups in total. The van der Waals surface area contributed by atoms with E-state index in [0.29, 0.717) is 36.3 Å². The fourth-order valence-electron chi connectivity index (χ4n) is 4.27. The van der Waals surface area contributed by atoms with Crippen LogP contribution in [0.15, 0.2) is 54.6 Å². The number of rotatable bonds is 5. The van der Waals surface area contributed by atoms with Crippen molar-refractivity contribution in [1.29, 1.82) is 0 Å². The molecule has 1 aliphatic rings. The molecule has 1 aliphatic carbocycles. The summed E-state index contributed by atoms with van der Waals surface area (Å²) >= 11 is 0. The zero-order chi connectivity index (χ0) is 25.4. The number of benzene rings is 3. The first kappa shape index (κ1) is 23.6. The van der Waals surface area contributed by atoms with Gasteiger partial charge < -0.3 is 5.32 Å². The van der Waals surface area contributed by atoms with Crippen LogP contribution in [-0.4, -0.2) is 15.9 Å². The molecule has 5 rings (SSSR count). The van der Waals surface area contributed by atoms with E-state index < -0.39 is 47.0 Å². The van der Waals surface area contributed by atoms with Gasteiger partial charge in [0.25, 0.3) is 0 Å². The first-order valence-corrected chi connectivity index (χ1v) is 11.2. The zero-order valence-corrected chi connectivity index (χ0v) is 18.7. The Labute approximate surface area is 202 Å². The van der Waals surface area contributed by atoms with Gasteiger partial charge in [0.1, 0.15) is 0 Å². The molecule has 4 nitrogen and oxygen atoms in total. The van der Waals surface area contributed by atoms with E-state index in [1.54, 1.807) is 0 Å². The molecule has 36 heavy (non-hydrogen) atoms. The molecule has 0 atom stereocenters. The molecule has 9 heteroatoms. The van der Waals surface area contributed by atoms with Gasteiger partial charge in [-0.05, 0) is 24.0 Å². The molecule has 1 heterocycles. The Hall–Kier alpha value is -4.14. The smallest absolute Gasteiger partial charge is 0.230 e. The van der Waals surface area contributed by atoms with Gasteiger partial charge in [-0.15, -0.1) is 0 Å². The van der Waals surface area contributed by atoms with E-state index in [1.165, 1.54) is 0 Å². The molecule has 0 radical (unpaired) electrons. The van der Waals surface area contributed by atoms with Crippen LogP contribution in [0, 0.1) is 29.1 Å². The highest BCUT2D eigenvalue weighted by Crippen LogP contribution is 2.33. The van der Waals surface area contributed by atoms with Crippen molar-refractivity contribution < 1.29 is 26.7 Å². The standard InChI is InChI=1S/C27H18F5N3O/c28-21-17(22(29)24(31)25(32)23(21)30)13-20(36)35-27-19(12-14-6-2-1-3-7-14)33-26-16-9-5-4-8-15(16)10-11-18(26)34-27/h1-9H,10-13H2,(H,34,35,36). The number of fused-ring (bicyclic) bond motifs is 3. The highest BCUT2D eigenvalue weighted by atomic mass is 19.2. The molecule has 0 saturated heterocycles. The van der Waals surface area contributed by atoms with Gasteiger partial charge in [0.15, 0.2) is 29.1 Å². The van der Waals surface area contributed by atoms with Gasteiger partial charge in [0, 0.05) is 17.5 Å². The molecule has 3 aromatic carbocycles. The number of anilines is 1. The van der Waals surface area contributed by atoms with E-state index in [-0.39, 0.29) is 5.82 Å². The summed E-state index contributed by atoms with van der Waals surface area (Å²) in [4.78, 5) is 22.1. The second-order valence-corrected chi connectivity index (χ2v) is 8.41. The Balaban J connectivity index is 1.52. The Morgan fingerprint density at radius 2 is 1.42 bits per heavy atom. The number of hydrogen-bond acceptors (Lipinski definition) is 3. The summed E-state index contributed by atoms with van der Waals surface area (Å²) in [5, 5.41) is 2.48. The lowest BCUT2D eigenvalue weighted by atomic mass is 9.91. The first-order valence-electron chi connectivity index (χ1n) is 11.2. The largest absolute Gasteiger partial charge is 0.309 e. The van der Waals surface area contributed by atoms with Gasteiger partial charge in [-0.25, -0.2) is 31.9 Å². The van der Waals surface area contributed by atoms with E-state index in [9.17, 15) is 26.7 Å². The summed E-state index contributed by atoms with van der Waals surface area (Å²) in [7, 11) is 0. The number of aromatic nitrogens is 2. The van der Waals surface area contributed by atoms with Crippen LogP contribution >= 0.6 is 0 Å². The third-order valence-corrected chi connectivity index (χ3v) is 6.05. The monoisotopic (exact) mass is 495 g/mol. The van der Waals surface area contributed by atoms with Crippen molar-refractivity contribution >= 4 is 11.7 Å². The number of carbonyl (C=O) groups is 1. The molecule has 0 spiro atoms. The molecule has 4 aromatic rings. The maximum atomic E-state index is 14.1. The summed E-state index contributed by atoms with van der Waals surface area (Å²) in [6, 6.07) is 17.1. The highest BCUT2D eigenvalue weighted by molar-refractivity contribution is 5.92. The lowest BCUT2D eigenvalue weighted by Gasteiger charge is -2.21. The summed E-state index contributed by atoms with van der Waals surface area (Å²) in [6.45, 7) is 0. The van der Waals surface area contributed by atoms with Gasteiger partial charge >= 0.3 is 0 Å². The minimum atomic E-state index is -2.28. The minimum Gasteiger partial charge on any atom is -0.309 e. The fourth-order valence-corrected chi connectivity index (χ4v) is 4.27. The average Bonchev–Trinajstić information content (AvgIpc) is 2.90. The second kappa shape index (κ2) is 9.49. The number of hydrogen-bond donors (Lipinski definition) is 1. The molecule has 0 aliphatic heterocycles. The van der Waals surface area contributed by atoms with Crippen LogP contribution in [0.1, 0.15) is 28.1 Å². The molecule has 0 saturated carbocycles. The molecule has 1 amide bonds. The molecule has 0 unspecified atom stereocenters. The number of carbonyl (C=O) groups excluding carboxylic acids is 1. The SMILES string of the molecule is O=C(Cc1c(F)c(F)c(F)c(F)c1F)Nc1nc2c(nc1Cc1ccccc1)-c1ccccc1CC2. The minimum absolute atomic E-state index is 0.0749. The highest BCUT2D eigenvalue weighted by Gasteiger charge is 2.28.